The molecule has 0 bridgehead atoms. The normalized spacial score (nSPS) is 9.50. The number of para-hydroxylation sites is 1. The van der Waals surface area contributed by atoms with Crippen molar-refractivity contribution in [2.75, 3.05) is 5.12 Å². The highest BCUT2D eigenvalue weighted by atomic mass is 35.5. The lowest BCUT2D eigenvalue weighted by atomic mass is 10.3. The fraction of sp³-hybridized carbons (Fsp3) is 0.125. The number of carbonyl (C=O) groups excluding carboxylic acids is 1. The van der Waals surface area contributed by atoms with Gasteiger partial charge in [-0.25, -0.2) is 4.79 Å². The lowest BCUT2D eigenvalue weighted by Crippen LogP contribution is -2.20. The summed E-state index contributed by atoms with van der Waals surface area (Å²) in [6.07, 6.45) is -1.18. The van der Waals surface area contributed by atoms with Crippen molar-refractivity contribution in [3.63, 3.8) is 0 Å². The van der Waals surface area contributed by atoms with Gasteiger partial charge in [0, 0.05) is 0 Å². The number of nitrogens with zero attached hydrogens (tertiary/aromatic N) is 1. The summed E-state index contributed by atoms with van der Waals surface area (Å²) in [5, 5.41) is -0.136. The largest absolute Gasteiger partial charge is 0.455 e. The maximum absolute atomic E-state index is 13.2. The van der Waals surface area contributed by atoms with Crippen LogP contribution >= 0.6 is 35.2 Å². The van der Waals surface area contributed by atoms with Crippen LogP contribution in [0, 0.1) is 0 Å². The molecule has 0 unspecified atom stereocenters. The van der Waals surface area contributed by atoms with Crippen molar-refractivity contribution in [1.82, 2.24) is 0 Å². The zero-order valence-corrected chi connectivity index (χ0v) is 10.0. The molecule has 0 N–H and O–H groups in total. The quantitative estimate of drug-likeness (QED) is 0.477. The van der Waals surface area contributed by atoms with E-state index in [1.165, 1.54) is 12.1 Å². The van der Waals surface area contributed by atoms with Gasteiger partial charge in [0.05, 0.1) is 17.7 Å². The van der Waals surface area contributed by atoms with E-state index in [2.05, 4.69) is 4.18 Å². The van der Waals surface area contributed by atoms with Crippen molar-refractivity contribution in [3.05, 3.63) is 30.3 Å². The van der Waals surface area contributed by atoms with Crippen molar-refractivity contribution < 1.29 is 18.2 Å². The zero-order valence-electron chi connectivity index (χ0n) is 7.68. The smallest absolute Gasteiger partial charge is 0.370 e. The summed E-state index contributed by atoms with van der Waals surface area (Å²) in [5.74, 6) is 0. The summed E-state index contributed by atoms with van der Waals surface area (Å²) in [6.45, 7) is 0. The number of benzene rings is 1. The molecule has 3 nitrogen and oxygen atoms in total. The number of hydrogen-bond acceptors (Lipinski definition) is 3. The van der Waals surface area contributed by atoms with Crippen LogP contribution in [0.3, 0.4) is 0 Å². The van der Waals surface area contributed by atoms with Crippen LogP contribution in [0.2, 0.25) is 0 Å². The van der Waals surface area contributed by atoms with Gasteiger partial charge in [-0.3, -0.25) is 4.70 Å². The highest BCUT2D eigenvalue weighted by Crippen LogP contribution is 2.23. The summed E-state index contributed by atoms with van der Waals surface area (Å²) in [6, 6.07) is 7.73. The second kappa shape index (κ2) is 7.54. The Bertz CT molecular complexity index is 329. The SMILES string of the molecule is F.O=C(OSC(Cl)Cl)N(F)c1ccccc1. The van der Waals surface area contributed by atoms with E-state index >= 15 is 0 Å². The third kappa shape index (κ3) is 4.87. The second-order valence-electron chi connectivity index (χ2n) is 2.32. The summed E-state index contributed by atoms with van der Waals surface area (Å²) >= 11 is 11.0. The molecule has 16 heavy (non-hydrogen) atoms. The molecule has 90 valence electrons. The third-order valence-corrected chi connectivity index (χ3v) is 2.16. The lowest BCUT2D eigenvalue weighted by molar-refractivity contribution is 0.200. The molecule has 0 aromatic heterocycles. The van der Waals surface area contributed by atoms with Gasteiger partial charge in [0.2, 0.25) is 0 Å². The van der Waals surface area contributed by atoms with E-state index in [0.717, 1.165) is 0 Å². The molecular formula is C8H7Cl2F2NO2S. The molecular weight excluding hydrogens is 283 g/mol. The molecule has 1 aromatic carbocycles. The number of alkyl halides is 2. The van der Waals surface area contributed by atoms with Crippen molar-refractivity contribution in [3.8, 4) is 0 Å². The van der Waals surface area contributed by atoms with Crippen LogP contribution in [0.15, 0.2) is 30.3 Å². The number of hydrogen-bond donors (Lipinski definition) is 0. The Labute approximate surface area is 105 Å². The van der Waals surface area contributed by atoms with E-state index in [1.807, 2.05) is 0 Å². The van der Waals surface area contributed by atoms with E-state index in [9.17, 15) is 9.28 Å². The minimum absolute atomic E-state index is 0. The Morgan fingerprint density at radius 2 is 1.94 bits per heavy atom. The molecule has 8 heteroatoms. The Morgan fingerprint density at radius 3 is 2.44 bits per heavy atom. The number of amides is 1. The molecule has 0 heterocycles. The van der Waals surface area contributed by atoms with Gasteiger partial charge in [-0.05, 0) is 12.1 Å². The van der Waals surface area contributed by atoms with Gasteiger partial charge in [-0.15, -0.1) is 5.12 Å². The maximum atomic E-state index is 13.2. The molecule has 1 rings (SSSR count). The van der Waals surface area contributed by atoms with Crippen molar-refractivity contribution in [2.24, 2.45) is 0 Å². The first-order valence-corrected chi connectivity index (χ1v) is 5.45. The van der Waals surface area contributed by atoms with Gasteiger partial charge >= 0.3 is 6.09 Å². The van der Waals surface area contributed by atoms with Crippen LogP contribution in [-0.2, 0) is 4.18 Å². The zero-order chi connectivity index (χ0) is 11.3. The number of halogens is 4. The van der Waals surface area contributed by atoms with Gasteiger partial charge in [0.15, 0.2) is 4.17 Å². The Balaban J connectivity index is 0.00000225. The van der Waals surface area contributed by atoms with Crippen molar-refractivity contribution in [1.29, 1.82) is 0 Å². The first-order chi connectivity index (χ1) is 7.11. The molecule has 0 fully saturated rings. The highest BCUT2D eigenvalue weighted by molar-refractivity contribution is 7.98. The van der Waals surface area contributed by atoms with Crippen LogP contribution < -0.4 is 5.12 Å². The van der Waals surface area contributed by atoms with Crippen LogP contribution in [0.4, 0.5) is 19.7 Å². The molecule has 0 saturated heterocycles. The summed E-state index contributed by atoms with van der Waals surface area (Å²) in [4.78, 5) is 11.0. The molecule has 0 aliphatic rings. The predicted octanol–water partition coefficient (Wildman–Crippen LogP) is 4.08. The fourth-order valence-electron chi connectivity index (χ4n) is 0.775. The van der Waals surface area contributed by atoms with E-state index in [4.69, 9.17) is 23.2 Å². The van der Waals surface area contributed by atoms with Gasteiger partial charge in [0.1, 0.15) is 0 Å². The van der Waals surface area contributed by atoms with Crippen LogP contribution in [-0.4, -0.2) is 10.3 Å². The number of anilines is 1. The predicted molar refractivity (Wildman–Crippen MR) is 62.1 cm³/mol. The van der Waals surface area contributed by atoms with Gasteiger partial charge in [-0.2, -0.15) is 0 Å². The molecule has 0 spiro atoms. The fourth-order valence-corrected chi connectivity index (χ4v) is 1.21. The molecule has 1 aromatic rings. The average Bonchev–Trinajstić information content (AvgIpc) is 2.26. The van der Waals surface area contributed by atoms with Gasteiger partial charge < -0.3 is 4.18 Å². The highest BCUT2D eigenvalue weighted by Gasteiger charge is 2.18. The van der Waals surface area contributed by atoms with E-state index < -0.39 is 10.3 Å². The van der Waals surface area contributed by atoms with Crippen molar-refractivity contribution >= 4 is 47.0 Å². The molecule has 0 radical (unpaired) electrons. The molecule has 0 aliphatic carbocycles. The summed E-state index contributed by atoms with van der Waals surface area (Å²) < 4.78 is 16.7. The van der Waals surface area contributed by atoms with E-state index in [0.29, 0.717) is 12.0 Å². The first-order valence-electron chi connectivity index (χ1n) is 3.77. The van der Waals surface area contributed by atoms with E-state index in [1.54, 1.807) is 18.2 Å². The van der Waals surface area contributed by atoms with Crippen LogP contribution in [0.1, 0.15) is 0 Å². The van der Waals surface area contributed by atoms with E-state index in [-0.39, 0.29) is 15.5 Å². The standard InChI is InChI=1S/C8H6Cl2FNO2S.FH/c9-7(10)15-14-8(13)12(11)6-4-2-1-3-5-6;/h1-5,7H;1H. The molecule has 0 saturated carbocycles. The minimum atomic E-state index is -1.18. The van der Waals surface area contributed by atoms with Crippen molar-refractivity contribution in [2.45, 2.75) is 4.17 Å². The average molecular weight is 290 g/mol. The third-order valence-electron chi connectivity index (χ3n) is 1.34. The van der Waals surface area contributed by atoms with Crippen LogP contribution in [0.5, 0.6) is 0 Å². The molecule has 0 aliphatic heterocycles. The molecule has 1 amide bonds. The van der Waals surface area contributed by atoms with Gasteiger partial charge in [-0.1, -0.05) is 45.9 Å². The maximum Gasteiger partial charge on any atom is 0.455 e. The summed E-state index contributed by atoms with van der Waals surface area (Å²) in [5.41, 5.74) is 0.0730. The Morgan fingerprint density at radius 1 is 1.38 bits per heavy atom. The lowest BCUT2D eigenvalue weighted by Gasteiger charge is -2.10. The topological polar surface area (TPSA) is 29.5 Å². The number of carbonyl (C=O) groups is 1. The minimum Gasteiger partial charge on any atom is -0.370 e. The van der Waals surface area contributed by atoms with Crippen LogP contribution in [0.25, 0.3) is 0 Å². The monoisotopic (exact) mass is 289 g/mol. The summed E-state index contributed by atoms with van der Waals surface area (Å²) in [7, 11) is 0. The Hall–Kier alpha value is -0.720. The van der Waals surface area contributed by atoms with Gasteiger partial charge in [0.25, 0.3) is 0 Å². The Kier molecular flexibility index (Phi) is 7.20. The number of rotatable bonds is 3. The first kappa shape index (κ1) is 15.3. The molecule has 0 atom stereocenters. The second-order valence-corrected chi connectivity index (χ2v) is 4.77.